The number of urea groups is 1. The summed E-state index contributed by atoms with van der Waals surface area (Å²) >= 11 is 0. The van der Waals surface area contributed by atoms with E-state index in [-0.39, 0.29) is 24.7 Å². The number of carbonyl (C=O) groups is 4. The van der Waals surface area contributed by atoms with Crippen molar-refractivity contribution in [2.45, 2.75) is 24.9 Å². The maximum atomic E-state index is 13.0. The van der Waals surface area contributed by atoms with Crippen molar-refractivity contribution in [2.24, 2.45) is 5.73 Å². The molecule has 10 nitrogen and oxygen atoms in total. The number of carbonyl (C=O) groups excluding carboxylic acids is 3. The Morgan fingerprint density at radius 3 is 2.30 bits per heavy atom. The average molecular weight is 474 g/mol. The third-order valence-corrected chi connectivity index (χ3v) is 5.27. The van der Waals surface area contributed by atoms with Crippen LogP contribution in [0.3, 0.4) is 0 Å². The summed E-state index contributed by atoms with van der Waals surface area (Å²) in [7, 11) is 0. The van der Waals surface area contributed by atoms with E-state index in [4.69, 9.17) is 11.1 Å². The van der Waals surface area contributed by atoms with Gasteiger partial charge in [0, 0.05) is 5.56 Å². The molecule has 1 unspecified atom stereocenters. The molecule has 174 valence electrons. The van der Waals surface area contributed by atoms with Crippen LogP contribution in [0.25, 0.3) is 0 Å². The predicted octanol–water partition coefficient (Wildman–Crippen LogP) is 1.49. The topological polar surface area (TPSA) is 166 Å². The minimum atomic E-state index is -1.40. The summed E-state index contributed by atoms with van der Waals surface area (Å²) in [6.07, 6.45) is -0.351. The van der Waals surface area contributed by atoms with Crippen LogP contribution in [0.5, 0.6) is 0 Å². The van der Waals surface area contributed by atoms with Gasteiger partial charge in [-0.05, 0) is 18.1 Å². The quantitative estimate of drug-likeness (QED) is 0.221. The fourth-order valence-corrected chi connectivity index (χ4v) is 3.52. The first kappa shape index (κ1) is 25.3. The summed E-state index contributed by atoms with van der Waals surface area (Å²) < 4.78 is 0. The number of imide groups is 1. The number of rotatable bonds is 8. The zero-order chi connectivity index (χ0) is 23.5. The average Bonchev–Trinajstić information content (AvgIpc) is 2.97. The zero-order valence-corrected chi connectivity index (χ0v) is 18.5. The smallest absolute Gasteiger partial charge is 0.325 e. The molecular weight excluding hydrogens is 450 g/mol. The van der Waals surface area contributed by atoms with Gasteiger partial charge >= 0.3 is 12.0 Å². The maximum absolute atomic E-state index is 13.0. The molecule has 1 aliphatic rings. The first-order chi connectivity index (χ1) is 15.1. The van der Waals surface area contributed by atoms with E-state index in [1.165, 1.54) is 6.92 Å². The molecule has 0 radical (unpaired) electrons. The van der Waals surface area contributed by atoms with Crippen molar-refractivity contribution in [3.63, 3.8) is 0 Å². The van der Waals surface area contributed by atoms with Crippen molar-refractivity contribution < 1.29 is 24.3 Å². The molecule has 1 heterocycles. The van der Waals surface area contributed by atoms with Gasteiger partial charge in [-0.1, -0.05) is 54.6 Å². The summed E-state index contributed by atoms with van der Waals surface area (Å²) in [5, 5.41) is 21.8. The number of nitrogens with one attached hydrogen (secondary N) is 3. The highest BCUT2D eigenvalue weighted by molar-refractivity contribution is 6.09. The van der Waals surface area contributed by atoms with Gasteiger partial charge in [-0.2, -0.15) is 0 Å². The maximum Gasteiger partial charge on any atom is 0.325 e. The third-order valence-electron chi connectivity index (χ3n) is 5.27. The number of benzene rings is 2. The van der Waals surface area contributed by atoms with Crippen LogP contribution in [-0.2, 0) is 19.9 Å². The van der Waals surface area contributed by atoms with Gasteiger partial charge in [0.25, 0.3) is 5.91 Å². The van der Waals surface area contributed by atoms with Crippen molar-refractivity contribution in [1.29, 1.82) is 5.41 Å². The molecule has 1 aliphatic heterocycles. The lowest BCUT2D eigenvalue weighted by atomic mass is 9.91. The van der Waals surface area contributed by atoms with Crippen LogP contribution in [0, 0.1) is 5.41 Å². The summed E-state index contributed by atoms with van der Waals surface area (Å²) in [4.78, 5) is 50.1. The summed E-state index contributed by atoms with van der Waals surface area (Å²) in [6, 6.07) is 13.3. The molecule has 0 spiro atoms. The second-order valence-electron chi connectivity index (χ2n) is 7.57. The van der Waals surface area contributed by atoms with Crippen LogP contribution in [-0.4, -0.2) is 46.2 Å². The number of nitrogen functional groups attached to an aromatic ring is 1. The summed E-state index contributed by atoms with van der Waals surface area (Å²) in [6.45, 7) is 0.958. The van der Waals surface area contributed by atoms with Gasteiger partial charge in [0.1, 0.15) is 17.9 Å². The van der Waals surface area contributed by atoms with Gasteiger partial charge in [-0.25, -0.2) is 4.79 Å². The zero-order valence-electron chi connectivity index (χ0n) is 17.7. The molecule has 3 rings (SSSR count). The van der Waals surface area contributed by atoms with Crippen molar-refractivity contribution >= 4 is 42.1 Å². The van der Waals surface area contributed by atoms with Gasteiger partial charge in [0.15, 0.2) is 0 Å². The molecule has 1 saturated heterocycles. The van der Waals surface area contributed by atoms with Gasteiger partial charge < -0.3 is 21.5 Å². The Kier molecular flexibility index (Phi) is 7.78. The highest BCUT2D eigenvalue weighted by Gasteiger charge is 2.49. The number of carboxylic acid groups (broad SMARTS) is 1. The number of carboxylic acids is 1. The van der Waals surface area contributed by atoms with Crippen LogP contribution in [0.1, 0.15) is 36.1 Å². The number of aliphatic carboxylic acids is 1. The van der Waals surface area contributed by atoms with Crippen LogP contribution < -0.4 is 16.4 Å². The monoisotopic (exact) mass is 473 g/mol. The summed E-state index contributed by atoms with van der Waals surface area (Å²) in [5.41, 5.74) is 5.58. The number of amides is 4. The SMILES string of the molecule is CC1(c2ccc(C(=N)N)cc2)NC(=O)N(CC(=O)N[C@H](CC(=O)O)c2ccccc2)C1=O.Cl. The number of hydrogen-bond donors (Lipinski definition) is 5. The summed E-state index contributed by atoms with van der Waals surface area (Å²) in [5.74, 6) is -2.52. The number of halogens is 1. The molecule has 0 aliphatic carbocycles. The number of nitrogens with zero attached hydrogens (tertiary/aromatic N) is 1. The van der Waals surface area contributed by atoms with E-state index < -0.39 is 41.9 Å². The number of nitrogens with two attached hydrogens (primary N) is 1. The fraction of sp³-hybridized carbons (Fsp3) is 0.227. The first-order valence-corrected chi connectivity index (χ1v) is 9.77. The van der Waals surface area contributed by atoms with Crippen molar-refractivity contribution in [1.82, 2.24) is 15.5 Å². The van der Waals surface area contributed by atoms with Crippen LogP contribution >= 0.6 is 12.4 Å². The molecule has 0 saturated carbocycles. The Labute approximate surface area is 196 Å². The fourth-order valence-electron chi connectivity index (χ4n) is 3.52. The molecule has 0 bridgehead atoms. The lowest BCUT2D eigenvalue weighted by Crippen LogP contribution is -2.44. The Morgan fingerprint density at radius 1 is 1.15 bits per heavy atom. The van der Waals surface area contributed by atoms with E-state index in [2.05, 4.69) is 10.6 Å². The van der Waals surface area contributed by atoms with Gasteiger partial charge in [-0.15, -0.1) is 12.4 Å². The molecule has 11 heteroatoms. The molecule has 2 aromatic rings. The van der Waals surface area contributed by atoms with E-state index >= 15 is 0 Å². The Bertz CT molecular complexity index is 1080. The molecule has 1 fully saturated rings. The molecule has 2 aromatic carbocycles. The molecular formula is C22H24ClN5O5. The minimum absolute atomic E-state index is 0. The molecule has 33 heavy (non-hydrogen) atoms. The molecule has 4 amide bonds. The molecule has 2 atom stereocenters. The Hall–Kier alpha value is -3.92. The highest BCUT2D eigenvalue weighted by atomic mass is 35.5. The van der Waals surface area contributed by atoms with E-state index in [1.54, 1.807) is 54.6 Å². The van der Waals surface area contributed by atoms with Crippen LogP contribution in [0.2, 0.25) is 0 Å². The minimum Gasteiger partial charge on any atom is -0.481 e. The normalized spacial score (nSPS) is 18.2. The van der Waals surface area contributed by atoms with E-state index in [0.717, 1.165) is 4.90 Å². The van der Waals surface area contributed by atoms with E-state index in [9.17, 15) is 24.3 Å². The Balaban J connectivity index is 0.00000385. The highest BCUT2D eigenvalue weighted by Crippen LogP contribution is 2.29. The van der Waals surface area contributed by atoms with Crippen molar-refractivity contribution in [3.8, 4) is 0 Å². The van der Waals surface area contributed by atoms with Crippen molar-refractivity contribution in [3.05, 3.63) is 71.3 Å². The van der Waals surface area contributed by atoms with Crippen LogP contribution in [0.4, 0.5) is 4.79 Å². The second-order valence-corrected chi connectivity index (χ2v) is 7.57. The number of hydrogen-bond acceptors (Lipinski definition) is 5. The van der Waals surface area contributed by atoms with E-state index in [0.29, 0.717) is 16.7 Å². The standard InChI is InChI=1S/C22H23N5O5.ClH/c1-22(15-9-7-14(8-10-15)19(23)24)20(31)27(21(32)26-22)12-17(28)25-16(11-18(29)30)13-5-3-2-4-6-13;/h2-10,16H,11-12H2,1H3,(H3,23,24)(H,25,28)(H,26,32)(H,29,30);1H/t16-,22?;/m1./s1. The van der Waals surface area contributed by atoms with Gasteiger partial charge in [0.05, 0.1) is 12.5 Å². The second kappa shape index (κ2) is 10.1. The van der Waals surface area contributed by atoms with Gasteiger partial charge in [0.2, 0.25) is 5.91 Å². The lowest BCUT2D eigenvalue weighted by Gasteiger charge is -2.23. The molecule has 0 aromatic heterocycles. The third kappa shape index (κ3) is 5.47. The number of amidine groups is 1. The van der Waals surface area contributed by atoms with Crippen LogP contribution in [0.15, 0.2) is 54.6 Å². The first-order valence-electron chi connectivity index (χ1n) is 9.77. The van der Waals surface area contributed by atoms with Crippen molar-refractivity contribution in [2.75, 3.05) is 6.54 Å². The largest absolute Gasteiger partial charge is 0.481 e. The van der Waals surface area contributed by atoms with E-state index in [1.807, 2.05) is 0 Å². The Morgan fingerprint density at radius 2 is 1.76 bits per heavy atom. The van der Waals surface area contributed by atoms with Gasteiger partial charge in [-0.3, -0.25) is 24.7 Å². The predicted molar refractivity (Wildman–Crippen MR) is 122 cm³/mol. The lowest BCUT2D eigenvalue weighted by molar-refractivity contribution is -0.138. The molecule has 6 N–H and O–H groups in total.